The smallest absolute Gasteiger partial charge is 0.224 e. The first-order valence-electron chi connectivity index (χ1n) is 6.91. The molecule has 0 fully saturated rings. The number of nitrogens with two attached hydrogens (primary N) is 1. The molecule has 1 aromatic rings. The minimum absolute atomic E-state index is 0.0239. The number of hydrogen-bond donors (Lipinski definition) is 2. The molecule has 1 amide bonds. The molecular weight excluding hydrogens is 272 g/mol. The Hall–Kier alpha value is -1.46. The second-order valence-electron chi connectivity index (χ2n) is 4.56. The molecule has 0 bridgehead atoms. The zero-order chi connectivity index (χ0) is 14.8. The van der Waals surface area contributed by atoms with Gasteiger partial charge in [0.25, 0.3) is 0 Å². The molecule has 0 aromatic heterocycles. The summed E-state index contributed by atoms with van der Waals surface area (Å²) in [6.45, 7) is 3.52. The van der Waals surface area contributed by atoms with Gasteiger partial charge in [-0.1, -0.05) is 37.7 Å². The third-order valence-electron chi connectivity index (χ3n) is 2.77. The lowest BCUT2D eigenvalue weighted by Crippen LogP contribution is -2.14. The molecular formula is C15H22N2O2S. The zero-order valence-corrected chi connectivity index (χ0v) is 12.7. The monoisotopic (exact) mass is 294 g/mol. The molecule has 0 heterocycles. The Bertz CT molecular complexity index is 449. The number of rotatable bonds is 9. The summed E-state index contributed by atoms with van der Waals surface area (Å²) in [7, 11) is 0. The molecule has 0 aliphatic heterocycles. The number of nitrogens with one attached hydrogen (secondary N) is 1. The van der Waals surface area contributed by atoms with Crippen molar-refractivity contribution in [1.82, 2.24) is 0 Å². The van der Waals surface area contributed by atoms with Gasteiger partial charge in [-0.15, -0.1) is 0 Å². The van der Waals surface area contributed by atoms with Crippen molar-refractivity contribution >= 4 is 28.8 Å². The predicted octanol–water partition coefficient (Wildman–Crippen LogP) is 2.86. The summed E-state index contributed by atoms with van der Waals surface area (Å²) in [5.74, 6) is -0.0239. The third kappa shape index (κ3) is 6.63. The van der Waals surface area contributed by atoms with Crippen molar-refractivity contribution in [3.63, 3.8) is 0 Å². The highest BCUT2D eigenvalue weighted by Crippen LogP contribution is 2.11. The van der Waals surface area contributed by atoms with Gasteiger partial charge >= 0.3 is 0 Å². The van der Waals surface area contributed by atoms with Gasteiger partial charge in [-0.25, -0.2) is 0 Å². The van der Waals surface area contributed by atoms with Crippen molar-refractivity contribution in [2.24, 2.45) is 5.73 Å². The van der Waals surface area contributed by atoms with Crippen LogP contribution in [0.15, 0.2) is 24.3 Å². The first kappa shape index (κ1) is 16.6. The van der Waals surface area contributed by atoms with E-state index >= 15 is 0 Å². The van der Waals surface area contributed by atoms with Gasteiger partial charge in [-0.2, -0.15) is 0 Å². The van der Waals surface area contributed by atoms with E-state index in [2.05, 4.69) is 12.2 Å². The van der Waals surface area contributed by atoms with Crippen LogP contribution in [0, 0.1) is 0 Å². The van der Waals surface area contributed by atoms with Crippen LogP contribution in [0.1, 0.15) is 38.2 Å². The van der Waals surface area contributed by atoms with Crippen molar-refractivity contribution in [1.29, 1.82) is 0 Å². The molecule has 110 valence electrons. The van der Waals surface area contributed by atoms with Crippen molar-refractivity contribution in [3.05, 3.63) is 29.8 Å². The molecule has 5 heteroatoms. The van der Waals surface area contributed by atoms with Gasteiger partial charge in [0.15, 0.2) is 0 Å². The maximum Gasteiger partial charge on any atom is 0.224 e. The van der Waals surface area contributed by atoms with Crippen LogP contribution in [0.2, 0.25) is 0 Å². The van der Waals surface area contributed by atoms with E-state index in [1.54, 1.807) is 6.07 Å². The van der Waals surface area contributed by atoms with E-state index in [0.717, 1.165) is 31.4 Å². The number of unbranched alkanes of at least 4 members (excludes halogenated alkanes) is 1. The summed E-state index contributed by atoms with van der Waals surface area (Å²) in [6.07, 6.45) is 3.37. The molecule has 3 N–H and O–H groups in total. The normalized spacial score (nSPS) is 10.2. The Kier molecular flexibility index (Phi) is 7.84. The molecule has 0 aliphatic rings. The average molecular weight is 294 g/mol. The van der Waals surface area contributed by atoms with Crippen LogP contribution >= 0.6 is 12.2 Å². The van der Waals surface area contributed by atoms with E-state index in [0.29, 0.717) is 23.7 Å². The quantitative estimate of drug-likeness (QED) is 0.543. The van der Waals surface area contributed by atoms with E-state index in [1.807, 2.05) is 18.2 Å². The van der Waals surface area contributed by atoms with Crippen molar-refractivity contribution in [3.8, 4) is 0 Å². The van der Waals surface area contributed by atoms with E-state index in [1.165, 1.54) is 0 Å². The van der Waals surface area contributed by atoms with Crippen LogP contribution in [0.3, 0.4) is 0 Å². The third-order valence-corrected chi connectivity index (χ3v) is 3.00. The highest BCUT2D eigenvalue weighted by atomic mass is 32.1. The van der Waals surface area contributed by atoms with Crippen LogP contribution in [0.5, 0.6) is 0 Å². The summed E-state index contributed by atoms with van der Waals surface area (Å²) in [4.78, 5) is 12.1. The Morgan fingerprint density at radius 2 is 2.10 bits per heavy atom. The van der Waals surface area contributed by atoms with Crippen LogP contribution < -0.4 is 11.1 Å². The minimum Gasteiger partial charge on any atom is -0.389 e. The average Bonchev–Trinajstić information content (AvgIpc) is 2.43. The van der Waals surface area contributed by atoms with Crippen LogP contribution in [0.25, 0.3) is 0 Å². The number of ether oxygens (including phenoxy) is 1. The van der Waals surface area contributed by atoms with E-state index in [9.17, 15) is 4.79 Å². The number of carbonyl (C=O) groups is 1. The lowest BCUT2D eigenvalue weighted by molar-refractivity contribution is -0.116. The Labute approximate surface area is 125 Å². The number of carbonyl (C=O) groups excluding carboxylic acids is 1. The fraction of sp³-hybridized carbons (Fsp3) is 0.467. The van der Waals surface area contributed by atoms with E-state index in [4.69, 9.17) is 22.7 Å². The molecule has 0 saturated carbocycles. The van der Waals surface area contributed by atoms with Gasteiger partial charge in [0.1, 0.15) is 4.99 Å². The Balaban J connectivity index is 2.28. The summed E-state index contributed by atoms with van der Waals surface area (Å²) in [5, 5.41) is 2.83. The second kappa shape index (κ2) is 9.44. The SMILES string of the molecule is CCCCOCCCC(=O)Nc1cccc(C(N)=S)c1. The molecule has 0 atom stereocenters. The van der Waals surface area contributed by atoms with Crippen molar-refractivity contribution in [2.45, 2.75) is 32.6 Å². The lowest BCUT2D eigenvalue weighted by Gasteiger charge is -2.07. The number of hydrogen-bond acceptors (Lipinski definition) is 3. The first-order valence-corrected chi connectivity index (χ1v) is 7.31. The zero-order valence-electron chi connectivity index (χ0n) is 11.9. The summed E-state index contributed by atoms with van der Waals surface area (Å²) in [5.41, 5.74) is 7.02. The summed E-state index contributed by atoms with van der Waals surface area (Å²) >= 11 is 4.90. The molecule has 1 rings (SSSR count). The maximum atomic E-state index is 11.8. The summed E-state index contributed by atoms with van der Waals surface area (Å²) in [6, 6.07) is 7.23. The van der Waals surface area contributed by atoms with Crippen molar-refractivity contribution < 1.29 is 9.53 Å². The molecule has 0 aliphatic carbocycles. The molecule has 0 saturated heterocycles. The molecule has 0 radical (unpaired) electrons. The summed E-state index contributed by atoms with van der Waals surface area (Å²) < 4.78 is 5.41. The number of benzene rings is 1. The number of thiocarbonyl (C=S) groups is 1. The largest absolute Gasteiger partial charge is 0.389 e. The van der Waals surface area contributed by atoms with Gasteiger partial charge in [0, 0.05) is 30.9 Å². The van der Waals surface area contributed by atoms with Gasteiger partial charge < -0.3 is 15.8 Å². The first-order chi connectivity index (χ1) is 9.63. The predicted molar refractivity (Wildman–Crippen MR) is 85.9 cm³/mol. The number of amides is 1. The van der Waals surface area contributed by atoms with Gasteiger partial charge in [0.2, 0.25) is 5.91 Å². The highest BCUT2D eigenvalue weighted by Gasteiger charge is 2.04. The van der Waals surface area contributed by atoms with E-state index in [-0.39, 0.29) is 5.91 Å². The molecule has 0 spiro atoms. The van der Waals surface area contributed by atoms with E-state index < -0.39 is 0 Å². The molecule has 0 unspecified atom stereocenters. The van der Waals surface area contributed by atoms with Gasteiger partial charge in [0.05, 0.1) is 0 Å². The van der Waals surface area contributed by atoms with Gasteiger partial charge in [-0.05, 0) is 25.0 Å². The maximum absolute atomic E-state index is 11.8. The second-order valence-corrected chi connectivity index (χ2v) is 5.00. The van der Waals surface area contributed by atoms with Crippen LogP contribution in [0.4, 0.5) is 5.69 Å². The van der Waals surface area contributed by atoms with Crippen LogP contribution in [-0.2, 0) is 9.53 Å². The van der Waals surface area contributed by atoms with Crippen molar-refractivity contribution in [2.75, 3.05) is 18.5 Å². The molecule has 20 heavy (non-hydrogen) atoms. The Morgan fingerprint density at radius 1 is 1.35 bits per heavy atom. The topological polar surface area (TPSA) is 64.3 Å². The van der Waals surface area contributed by atoms with Crippen LogP contribution in [-0.4, -0.2) is 24.1 Å². The Morgan fingerprint density at radius 3 is 2.80 bits per heavy atom. The fourth-order valence-electron chi connectivity index (χ4n) is 1.66. The highest BCUT2D eigenvalue weighted by molar-refractivity contribution is 7.80. The standard InChI is InChI=1S/C15H22N2O2S/c1-2-3-9-19-10-5-8-14(18)17-13-7-4-6-12(11-13)15(16)20/h4,6-7,11H,2-3,5,8-10H2,1H3,(H2,16,20)(H,17,18). The molecule has 1 aromatic carbocycles. The fourth-order valence-corrected chi connectivity index (χ4v) is 1.78. The lowest BCUT2D eigenvalue weighted by atomic mass is 10.2. The molecule has 4 nitrogen and oxygen atoms in total. The minimum atomic E-state index is -0.0239. The number of anilines is 1. The van der Waals surface area contributed by atoms with Gasteiger partial charge in [-0.3, -0.25) is 4.79 Å².